The molecule has 0 spiro atoms. The van der Waals surface area contributed by atoms with Gasteiger partial charge in [-0.2, -0.15) is 13.2 Å². The van der Waals surface area contributed by atoms with Crippen molar-refractivity contribution in [3.05, 3.63) is 33.9 Å². The van der Waals surface area contributed by atoms with Gasteiger partial charge in [-0.25, -0.2) is 4.79 Å². The molecule has 3 N–H and O–H groups in total. The van der Waals surface area contributed by atoms with Crippen molar-refractivity contribution in [1.29, 1.82) is 0 Å². The number of methoxy groups -OCH3 is 2. The van der Waals surface area contributed by atoms with Crippen LogP contribution in [0.15, 0.2) is 11.6 Å². The molecule has 0 saturated carbocycles. The number of alkyl halides is 3. The molecule has 31 heavy (non-hydrogen) atoms. The van der Waals surface area contributed by atoms with Crippen LogP contribution in [0.2, 0.25) is 0 Å². The number of halogens is 3. The Balaban J connectivity index is 2.58. The summed E-state index contributed by atoms with van der Waals surface area (Å²) in [5, 5.41) is 1.78. The minimum atomic E-state index is -5.18. The molecule has 0 aliphatic carbocycles. The second-order valence-corrected chi connectivity index (χ2v) is 6.91. The number of cyclic esters (lactones) is 1. The van der Waals surface area contributed by atoms with Crippen LogP contribution in [-0.2, 0) is 25.5 Å². The Morgan fingerprint density at radius 1 is 1.26 bits per heavy atom. The van der Waals surface area contributed by atoms with Gasteiger partial charge in [0, 0.05) is 23.1 Å². The standard InChI is InChI=1S/C20H23F3N2O6/c1-9(6-8-12(26)29-3)5-7-11-15(25-19(28)20(21,22)23)14-13(10(2)16(11)30-4)17(24)31-18(14)27/h5,17H,6-8,24H2,1-4H3,(H,25,28)/b9-5+. The number of amides is 1. The van der Waals surface area contributed by atoms with Crippen molar-refractivity contribution >= 4 is 23.5 Å². The first-order valence-electron chi connectivity index (χ1n) is 9.22. The highest BCUT2D eigenvalue weighted by Gasteiger charge is 2.42. The normalized spacial score (nSPS) is 15.9. The molecule has 0 saturated heterocycles. The molecule has 0 fully saturated rings. The first-order chi connectivity index (χ1) is 14.4. The number of fused-ring (bicyclic) bond motifs is 1. The summed E-state index contributed by atoms with van der Waals surface area (Å²) < 4.78 is 53.7. The van der Waals surface area contributed by atoms with Crippen LogP contribution in [0.25, 0.3) is 0 Å². The molecule has 8 nitrogen and oxygen atoms in total. The molecule has 1 heterocycles. The Kier molecular flexibility index (Phi) is 7.32. The number of carbonyl (C=O) groups is 3. The van der Waals surface area contributed by atoms with Crippen molar-refractivity contribution in [2.75, 3.05) is 19.5 Å². The van der Waals surface area contributed by atoms with E-state index in [1.54, 1.807) is 25.2 Å². The summed E-state index contributed by atoms with van der Waals surface area (Å²) in [6.45, 7) is 3.32. The molecular weight excluding hydrogens is 421 g/mol. The second kappa shape index (κ2) is 9.38. The highest BCUT2D eigenvalue weighted by atomic mass is 19.4. The molecular formula is C20H23F3N2O6. The van der Waals surface area contributed by atoms with Crippen LogP contribution >= 0.6 is 0 Å². The number of benzene rings is 1. The van der Waals surface area contributed by atoms with Gasteiger partial charge in [-0.1, -0.05) is 11.6 Å². The molecule has 0 bridgehead atoms. The first kappa shape index (κ1) is 24.2. The Morgan fingerprint density at radius 2 is 1.90 bits per heavy atom. The quantitative estimate of drug-likeness (QED) is 0.490. The van der Waals surface area contributed by atoms with Gasteiger partial charge in [0.05, 0.1) is 25.5 Å². The number of allylic oxidation sites excluding steroid dienone is 2. The predicted octanol–water partition coefficient (Wildman–Crippen LogP) is 3.07. The van der Waals surface area contributed by atoms with Crippen molar-refractivity contribution in [3.8, 4) is 5.75 Å². The molecule has 170 valence electrons. The molecule has 0 radical (unpaired) electrons. The zero-order chi connectivity index (χ0) is 23.5. The fourth-order valence-corrected chi connectivity index (χ4v) is 3.31. The van der Waals surface area contributed by atoms with E-state index in [1.807, 2.05) is 0 Å². The number of rotatable bonds is 7. The average Bonchev–Trinajstić information content (AvgIpc) is 2.99. The van der Waals surface area contributed by atoms with Crippen molar-refractivity contribution in [2.45, 2.75) is 45.5 Å². The zero-order valence-corrected chi connectivity index (χ0v) is 17.4. The summed E-state index contributed by atoms with van der Waals surface area (Å²) in [5.74, 6) is -3.43. The van der Waals surface area contributed by atoms with Crippen LogP contribution in [-0.4, -0.2) is 38.2 Å². The molecule has 1 atom stereocenters. The Labute approximate surface area is 176 Å². The fraction of sp³-hybridized carbons (Fsp3) is 0.450. The molecule has 11 heteroatoms. The lowest BCUT2D eigenvalue weighted by molar-refractivity contribution is -0.167. The van der Waals surface area contributed by atoms with Gasteiger partial charge in [-0.3, -0.25) is 15.3 Å². The molecule has 0 aromatic heterocycles. The van der Waals surface area contributed by atoms with Crippen LogP contribution in [0.4, 0.5) is 18.9 Å². The molecule has 2 rings (SSSR count). The number of hydrogen-bond acceptors (Lipinski definition) is 7. The van der Waals surface area contributed by atoms with Crippen molar-refractivity contribution in [3.63, 3.8) is 0 Å². The van der Waals surface area contributed by atoms with Crippen LogP contribution < -0.4 is 15.8 Å². The highest BCUT2D eigenvalue weighted by Crippen LogP contribution is 2.44. The van der Waals surface area contributed by atoms with E-state index in [0.717, 1.165) is 5.57 Å². The van der Waals surface area contributed by atoms with E-state index in [9.17, 15) is 27.6 Å². The van der Waals surface area contributed by atoms with Gasteiger partial charge >= 0.3 is 24.0 Å². The molecule has 1 aromatic rings. The van der Waals surface area contributed by atoms with Crippen molar-refractivity contribution in [2.24, 2.45) is 5.73 Å². The number of esters is 2. The molecule has 1 aliphatic heterocycles. The Morgan fingerprint density at radius 3 is 2.45 bits per heavy atom. The molecule has 1 amide bonds. The lowest BCUT2D eigenvalue weighted by atomic mass is 9.92. The van der Waals surface area contributed by atoms with E-state index in [1.165, 1.54) is 14.2 Å². The maximum atomic E-state index is 12.9. The third-order valence-corrected chi connectivity index (χ3v) is 4.87. The van der Waals surface area contributed by atoms with Gasteiger partial charge in [0.25, 0.3) is 0 Å². The monoisotopic (exact) mass is 444 g/mol. The predicted molar refractivity (Wildman–Crippen MR) is 103 cm³/mol. The maximum Gasteiger partial charge on any atom is 0.471 e. The Bertz CT molecular complexity index is 940. The SMILES string of the molecule is COC(=O)CC/C(C)=C/Cc1c(NC(=O)C(F)(F)F)c2c(c(C)c1OC)C(N)OC2=O. The number of nitrogens with two attached hydrogens (primary N) is 1. The van der Waals surface area contributed by atoms with Gasteiger partial charge in [0.2, 0.25) is 0 Å². The van der Waals surface area contributed by atoms with E-state index >= 15 is 0 Å². The molecule has 1 unspecified atom stereocenters. The topological polar surface area (TPSA) is 117 Å². The van der Waals surface area contributed by atoms with Crippen LogP contribution in [0.5, 0.6) is 5.75 Å². The summed E-state index contributed by atoms with van der Waals surface area (Å²) >= 11 is 0. The number of ether oxygens (including phenoxy) is 3. The van der Waals surface area contributed by atoms with E-state index < -0.39 is 30.2 Å². The first-order valence-corrected chi connectivity index (χ1v) is 9.22. The average molecular weight is 444 g/mol. The number of hydrogen-bond donors (Lipinski definition) is 2. The smallest absolute Gasteiger partial charge is 0.471 e. The summed E-state index contributed by atoms with van der Waals surface area (Å²) in [6.07, 6.45) is -4.23. The van der Waals surface area contributed by atoms with Gasteiger partial charge in [0.15, 0.2) is 6.23 Å². The van der Waals surface area contributed by atoms with E-state index in [4.69, 9.17) is 15.2 Å². The van der Waals surface area contributed by atoms with E-state index in [0.29, 0.717) is 12.0 Å². The minimum absolute atomic E-state index is 0.0142. The third kappa shape index (κ3) is 5.16. The van der Waals surface area contributed by atoms with Gasteiger partial charge in [-0.15, -0.1) is 0 Å². The van der Waals surface area contributed by atoms with Crippen molar-refractivity contribution < 1.29 is 41.8 Å². The Hall–Kier alpha value is -3.08. The molecule has 1 aliphatic rings. The summed E-state index contributed by atoms with van der Waals surface area (Å²) in [7, 11) is 2.57. The summed E-state index contributed by atoms with van der Waals surface area (Å²) in [5.41, 5.74) is 6.67. The van der Waals surface area contributed by atoms with Crippen LogP contribution in [0.3, 0.4) is 0 Å². The van der Waals surface area contributed by atoms with E-state index in [-0.39, 0.29) is 41.0 Å². The fourth-order valence-electron chi connectivity index (χ4n) is 3.31. The lowest BCUT2D eigenvalue weighted by Crippen LogP contribution is -2.31. The number of nitrogens with one attached hydrogen (secondary N) is 1. The van der Waals surface area contributed by atoms with Crippen molar-refractivity contribution in [1.82, 2.24) is 0 Å². The van der Waals surface area contributed by atoms with Gasteiger partial charge in [0.1, 0.15) is 5.75 Å². The summed E-state index contributed by atoms with van der Waals surface area (Å²) in [6, 6.07) is 0. The molecule has 1 aromatic carbocycles. The highest BCUT2D eigenvalue weighted by molar-refractivity contribution is 6.07. The van der Waals surface area contributed by atoms with Gasteiger partial charge in [-0.05, 0) is 26.7 Å². The minimum Gasteiger partial charge on any atom is -0.496 e. The summed E-state index contributed by atoms with van der Waals surface area (Å²) in [4.78, 5) is 35.3. The second-order valence-electron chi connectivity index (χ2n) is 6.91. The largest absolute Gasteiger partial charge is 0.496 e. The lowest BCUT2D eigenvalue weighted by Gasteiger charge is -2.21. The zero-order valence-electron chi connectivity index (χ0n) is 17.4. The number of anilines is 1. The van der Waals surface area contributed by atoms with Crippen LogP contribution in [0.1, 0.15) is 53.0 Å². The third-order valence-electron chi connectivity index (χ3n) is 4.87. The van der Waals surface area contributed by atoms with E-state index in [2.05, 4.69) is 4.74 Å². The van der Waals surface area contributed by atoms with Gasteiger partial charge < -0.3 is 19.5 Å². The van der Waals surface area contributed by atoms with Crippen LogP contribution in [0, 0.1) is 6.92 Å². The number of carbonyl (C=O) groups excluding carboxylic acids is 3. The maximum absolute atomic E-state index is 12.9.